The molecule has 4 rings (SSSR count). The van der Waals surface area contributed by atoms with E-state index in [2.05, 4.69) is 20.7 Å². The smallest absolute Gasteiger partial charge is 0.316 e. The molecule has 2 saturated heterocycles. The minimum absolute atomic E-state index is 0.00782. The van der Waals surface area contributed by atoms with Crippen LogP contribution < -0.4 is 10.6 Å². The van der Waals surface area contributed by atoms with Gasteiger partial charge in [-0.25, -0.2) is 14.1 Å². The SMILES string of the molecule is O=C1CC(CC2CCN(C(=O)C(=O)Nc3ncn(Cc4cccc(F)c4)n3)CC2)C(=O)N1. The number of hydrogen-bond donors (Lipinski definition) is 2. The number of likely N-dealkylation sites (tertiary alicyclic amines) is 1. The topological polar surface area (TPSA) is 126 Å². The first-order valence-electron chi connectivity index (χ1n) is 10.4. The zero-order chi connectivity index (χ0) is 22.7. The molecule has 0 radical (unpaired) electrons. The molecule has 11 heteroatoms. The van der Waals surface area contributed by atoms with Crippen LogP contribution in [0.25, 0.3) is 0 Å². The van der Waals surface area contributed by atoms with Gasteiger partial charge in [0.25, 0.3) is 0 Å². The molecule has 1 atom stereocenters. The molecule has 0 aliphatic carbocycles. The van der Waals surface area contributed by atoms with Crippen molar-refractivity contribution in [2.24, 2.45) is 11.8 Å². The van der Waals surface area contributed by atoms with Gasteiger partial charge in [0.15, 0.2) is 0 Å². The highest BCUT2D eigenvalue weighted by molar-refractivity contribution is 6.39. The van der Waals surface area contributed by atoms with Gasteiger partial charge in [0.05, 0.1) is 6.54 Å². The Hall–Kier alpha value is -3.63. The quantitative estimate of drug-likeness (QED) is 0.518. The van der Waals surface area contributed by atoms with Gasteiger partial charge in [-0.15, -0.1) is 5.10 Å². The fraction of sp³-hybridized carbons (Fsp3) is 0.429. The van der Waals surface area contributed by atoms with Crippen LogP contribution in [0.3, 0.4) is 0 Å². The van der Waals surface area contributed by atoms with Crippen LogP contribution in [-0.4, -0.2) is 56.4 Å². The monoisotopic (exact) mass is 442 g/mol. The van der Waals surface area contributed by atoms with Crippen molar-refractivity contribution in [2.75, 3.05) is 18.4 Å². The number of piperidine rings is 1. The molecule has 1 unspecified atom stereocenters. The van der Waals surface area contributed by atoms with Crippen molar-refractivity contribution in [1.29, 1.82) is 0 Å². The zero-order valence-corrected chi connectivity index (χ0v) is 17.3. The Labute approximate surface area is 183 Å². The first kappa shape index (κ1) is 21.6. The molecule has 2 fully saturated rings. The van der Waals surface area contributed by atoms with E-state index in [0.717, 1.165) is 0 Å². The minimum atomic E-state index is -0.826. The van der Waals surface area contributed by atoms with E-state index in [4.69, 9.17) is 0 Å². The summed E-state index contributed by atoms with van der Waals surface area (Å²) < 4.78 is 14.7. The van der Waals surface area contributed by atoms with Crippen LogP contribution in [0.2, 0.25) is 0 Å². The molecule has 32 heavy (non-hydrogen) atoms. The van der Waals surface area contributed by atoms with E-state index in [9.17, 15) is 23.6 Å². The second-order valence-corrected chi connectivity index (χ2v) is 8.13. The highest BCUT2D eigenvalue weighted by Crippen LogP contribution is 2.28. The van der Waals surface area contributed by atoms with Gasteiger partial charge in [-0.1, -0.05) is 12.1 Å². The average Bonchev–Trinajstić information content (AvgIpc) is 3.33. The van der Waals surface area contributed by atoms with E-state index >= 15 is 0 Å². The number of halogens is 1. The highest BCUT2D eigenvalue weighted by Gasteiger charge is 2.34. The van der Waals surface area contributed by atoms with Crippen molar-refractivity contribution in [3.63, 3.8) is 0 Å². The molecule has 168 valence electrons. The number of aromatic nitrogens is 3. The van der Waals surface area contributed by atoms with Crippen LogP contribution in [-0.2, 0) is 25.7 Å². The molecule has 1 aromatic heterocycles. The molecular weight excluding hydrogens is 419 g/mol. The summed E-state index contributed by atoms with van der Waals surface area (Å²) in [5.41, 5.74) is 0.686. The maximum absolute atomic E-state index is 13.3. The Morgan fingerprint density at radius 2 is 2.00 bits per heavy atom. The van der Waals surface area contributed by atoms with E-state index in [1.54, 1.807) is 12.1 Å². The van der Waals surface area contributed by atoms with Crippen LogP contribution >= 0.6 is 0 Å². The Kier molecular flexibility index (Phi) is 6.24. The number of nitrogens with one attached hydrogen (secondary N) is 2. The van der Waals surface area contributed by atoms with E-state index in [1.807, 2.05) is 0 Å². The van der Waals surface area contributed by atoms with E-state index < -0.39 is 11.8 Å². The highest BCUT2D eigenvalue weighted by atomic mass is 19.1. The summed E-state index contributed by atoms with van der Waals surface area (Å²) in [6.45, 7) is 1.08. The first-order valence-corrected chi connectivity index (χ1v) is 10.4. The Bertz CT molecular complexity index is 1050. The van der Waals surface area contributed by atoms with Crippen molar-refractivity contribution in [1.82, 2.24) is 25.0 Å². The van der Waals surface area contributed by atoms with Crippen LogP contribution in [0, 0.1) is 17.7 Å². The molecule has 2 N–H and O–H groups in total. The van der Waals surface area contributed by atoms with Gasteiger partial charge in [0, 0.05) is 25.4 Å². The Morgan fingerprint density at radius 3 is 2.69 bits per heavy atom. The number of anilines is 1. The second-order valence-electron chi connectivity index (χ2n) is 8.13. The lowest BCUT2D eigenvalue weighted by atomic mass is 9.86. The average molecular weight is 442 g/mol. The van der Waals surface area contributed by atoms with Gasteiger partial charge >= 0.3 is 11.8 Å². The maximum Gasteiger partial charge on any atom is 0.316 e. The largest absolute Gasteiger partial charge is 0.334 e. The van der Waals surface area contributed by atoms with Crippen LogP contribution in [0.4, 0.5) is 10.3 Å². The number of rotatable bonds is 5. The number of carbonyl (C=O) groups is 4. The van der Waals surface area contributed by atoms with Crippen LogP contribution in [0.1, 0.15) is 31.2 Å². The van der Waals surface area contributed by atoms with Crippen LogP contribution in [0.5, 0.6) is 0 Å². The van der Waals surface area contributed by atoms with Crippen molar-refractivity contribution in [3.05, 3.63) is 42.0 Å². The van der Waals surface area contributed by atoms with Gasteiger partial charge < -0.3 is 4.90 Å². The molecular formula is C21H23FN6O4. The third-order valence-electron chi connectivity index (χ3n) is 5.77. The molecule has 0 spiro atoms. The molecule has 1 aromatic carbocycles. The predicted molar refractivity (Wildman–Crippen MR) is 109 cm³/mol. The van der Waals surface area contributed by atoms with Crippen molar-refractivity contribution < 1.29 is 23.6 Å². The normalized spacial score (nSPS) is 19.2. The third-order valence-corrected chi connectivity index (χ3v) is 5.77. The lowest BCUT2D eigenvalue weighted by Gasteiger charge is -2.32. The summed E-state index contributed by atoms with van der Waals surface area (Å²) in [6, 6.07) is 6.06. The summed E-state index contributed by atoms with van der Waals surface area (Å²) >= 11 is 0. The molecule has 0 saturated carbocycles. The fourth-order valence-corrected chi connectivity index (χ4v) is 4.12. The molecule has 10 nitrogen and oxygen atoms in total. The first-order chi connectivity index (χ1) is 15.4. The van der Waals surface area contributed by atoms with Crippen LogP contribution in [0.15, 0.2) is 30.6 Å². The van der Waals surface area contributed by atoms with E-state index in [1.165, 1.54) is 28.0 Å². The summed E-state index contributed by atoms with van der Waals surface area (Å²) in [6.07, 6.45) is 3.55. The summed E-state index contributed by atoms with van der Waals surface area (Å²) in [7, 11) is 0. The van der Waals surface area contributed by atoms with Crippen molar-refractivity contribution >= 4 is 29.6 Å². The van der Waals surface area contributed by atoms with Crippen molar-refractivity contribution in [3.8, 4) is 0 Å². The molecule has 0 bridgehead atoms. The number of hydrogen-bond acceptors (Lipinski definition) is 6. The third kappa shape index (κ3) is 5.16. The van der Waals surface area contributed by atoms with Gasteiger partial charge in [0.2, 0.25) is 17.8 Å². The standard InChI is InChI=1S/C21H23FN6O4/c22-16-3-1-2-14(9-16)11-28-12-23-21(26-28)25-19(31)20(32)27-6-4-13(5-7-27)8-15-10-17(29)24-18(15)30/h1-3,9,12-13,15H,4-8,10-11H2,(H,24,29,30)(H,25,26,31). The van der Waals surface area contributed by atoms with Gasteiger partial charge in [0.1, 0.15) is 12.1 Å². The fourth-order valence-electron chi connectivity index (χ4n) is 4.12. The van der Waals surface area contributed by atoms with Gasteiger partial charge in [-0.2, -0.15) is 0 Å². The Morgan fingerprint density at radius 1 is 1.22 bits per heavy atom. The van der Waals surface area contributed by atoms with Gasteiger partial charge in [-0.3, -0.25) is 29.8 Å². The number of amides is 4. The van der Waals surface area contributed by atoms with Gasteiger partial charge in [-0.05, 0) is 42.9 Å². The van der Waals surface area contributed by atoms with Crippen molar-refractivity contribution in [2.45, 2.75) is 32.2 Å². The molecule has 2 aliphatic heterocycles. The molecule has 2 aromatic rings. The molecule has 4 amide bonds. The minimum Gasteiger partial charge on any atom is -0.334 e. The summed E-state index contributed by atoms with van der Waals surface area (Å²) in [5, 5.41) is 8.81. The number of imide groups is 1. The Balaban J connectivity index is 1.25. The predicted octanol–water partition coefficient (Wildman–Crippen LogP) is 0.695. The second kappa shape index (κ2) is 9.25. The number of nitrogens with zero attached hydrogens (tertiary/aromatic N) is 4. The van der Waals surface area contributed by atoms with E-state index in [-0.39, 0.29) is 48.4 Å². The lowest BCUT2D eigenvalue weighted by Crippen LogP contribution is -2.44. The summed E-state index contributed by atoms with van der Waals surface area (Å²) in [4.78, 5) is 53.3. The van der Waals surface area contributed by atoms with E-state index in [0.29, 0.717) is 37.9 Å². The lowest BCUT2D eigenvalue weighted by molar-refractivity contribution is -0.144. The zero-order valence-electron chi connectivity index (χ0n) is 17.3. The molecule has 3 heterocycles. The summed E-state index contributed by atoms with van der Waals surface area (Å²) in [5.74, 6) is -2.40. The maximum atomic E-state index is 13.3. The number of benzene rings is 1. The number of carbonyl (C=O) groups excluding carboxylic acids is 4. The molecule has 2 aliphatic rings.